The van der Waals surface area contributed by atoms with E-state index in [1.165, 1.54) is 13.2 Å². The van der Waals surface area contributed by atoms with Crippen LogP contribution in [0.4, 0.5) is 14.9 Å². The largest absolute Gasteiger partial charge is 0.453 e. The third-order valence-corrected chi connectivity index (χ3v) is 4.64. The maximum absolute atomic E-state index is 14.0. The Bertz CT molecular complexity index is 497. The highest BCUT2D eigenvalue weighted by molar-refractivity contribution is 7.85. The fourth-order valence-corrected chi connectivity index (χ4v) is 3.51. The van der Waals surface area contributed by atoms with Gasteiger partial charge in [-0.25, -0.2) is 9.18 Å². The van der Waals surface area contributed by atoms with Crippen molar-refractivity contribution in [2.24, 2.45) is 0 Å². The van der Waals surface area contributed by atoms with Gasteiger partial charge in [0, 0.05) is 28.0 Å². The summed E-state index contributed by atoms with van der Waals surface area (Å²) in [5.41, 5.74) is 1.000. The van der Waals surface area contributed by atoms with E-state index in [-0.39, 0.29) is 11.7 Å². The molecule has 0 aliphatic carbocycles. The molecule has 6 heteroatoms. The zero-order valence-corrected chi connectivity index (χ0v) is 11.5. The highest BCUT2D eigenvalue weighted by atomic mass is 32.2. The molecule has 0 spiro atoms. The quantitative estimate of drug-likeness (QED) is 0.908. The summed E-state index contributed by atoms with van der Waals surface area (Å²) in [5.74, 6) is 1.04. The molecule has 4 nitrogen and oxygen atoms in total. The summed E-state index contributed by atoms with van der Waals surface area (Å²) < 4.78 is 29.8. The number of methoxy groups -OCH3 is 1. The Morgan fingerprint density at radius 2 is 2.11 bits per heavy atom. The highest BCUT2D eigenvalue weighted by Gasteiger charge is 2.22. The molecule has 1 heterocycles. The van der Waals surface area contributed by atoms with Gasteiger partial charge in [-0.3, -0.25) is 9.53 Å². The molecule has 1 aliphatic rings. The summed E-state index contributed by atoms with van der Waals surface area (Å²) in [7, 11) is 0.501. The van der Waals surface area contributed by atoms with Crippen molar-refractivity contribution in [1.82, 2.24) is 0 Å². The van der Waals surface area contributed by atoms with Gasteiger partial charge in [-0.15, -0.1) is 0 Å². The van der Waals surface area contributed by atoms with Gasteiger partial charge in [0.2, 0.25) is 0 Å². The van der Waals surface area contributed by atoms with Crippen LogP contribution in [0.15, 0.2) is 18.2 Å². The highest BCUT2D eigenvalue weighted by Crippen LogP contribution is 2.30. The second kappa shape index (κ2) is 6.14. The molecule has 0 aromatic heterocycles. The number of anilines is 1. The molecule has 1 amide bonds. The fourth-order valence-electron chi connectivity index (χ4n) is 2.21. The van der Waals surface area contributed by atoms with Gasteiger partial charge in [0.15, 0.2) is 0 Å². The first-order valence-electron chi connectivity index (χ1n) is 6.09. The second-order valence-corrected chi connectivity index (χ2v) is 6.17. The van der Waals surface area contributed by atoms with Gasteiger partial charge in [0.25, 0.3) is 0 Å². The lowest BCUT2D eigenvalue weighted by Gasteiger charge is -2.22. The summed E-state index contributed by atoms with van der Waals surface area (Å²) in [6, 6.07) is 4.62. The van der Waals surface area contributed by atoms with E-state index in [1.807, 2.05) is 0 Å². The maximum atomic E-state index is 14.0. The second-order valence-electron chi connectivity index (χ2n) is 4.48. The first kappa shape index (κ1) is 14.0. The van der Waals surface area contributed by atoms with Gasteiger partial charge in [-0.05, 0) is 36.5 Å². The van der Waals surface area contributed by atoms with E-state index in [4.69, 9.17) is 0 Å². The molecule has 0 unspecified atom stereocenters. The minimum atomic E-state index is -0.751. The van der Waals surface area contributed by atoms with E-state index in [1.54, 1.807) is 12.1 Å². The number of rotatable bonds is 2. The van der Waals surface area contributed by atoms with Gasteiger partial charge < -0.3 is 4.74 Å². The molecule has 104 valence electrons. The molecule has 0 radical (unpaired) electrons. The van der Waals surface area contributed by atoms with Crippen LogP contribution in [0.3, 0.4) is 0 Å². The molecule has 0 bridgehead atoms. The summed E-state index contributed by atoms with van der Waals surface area (Å²) >= 11 is 0. The van der Waals surface area contributed by atoms with Crippen LogP contribution in [0.25, 0.3) is 0 Å². The predicted molar refractivity (Wildman–Crippen MR) is 72.3 cm³/mol. The molecule has 2 rings (SSSR count). The number of halogens is 1. The number of hydrogen-bond donors (Lipinski definition) is 1. The van der Waals surface area contributed by atoms with Crippen molar-refractivity contribution in [3.63, 3.8) is 0 Å². The molecular formula is C13H16FNO3S. The minimum Gasteiger partial charge on any atom is -0.453 e. The molecule has 1 aromatic rings. The Hall–Kier alpha value is -1.43. The Labute approximate surface area is 113 Å². The average molecular weight is 285 g/mol. The van der Waals surface area contributed by atoms with Crippen molar-refractivity contribution >= 4 is 22.6 Å². The smallest absolute Gasteiger partial charge is 0.411 e. The summed E-state index contributed by atoms with van der Waals surface area (Å²) in [6.45, 7) is 0. The van der Waals surface area contributed by atoms with Crippen molar-refractivity contribution in [3.05, 3.63) is 29.6 Å². The van der Waals surface area contributed by atoms with E-state index in [0.29, 0.717) is 22.8 Å². The van der Waals surface area contributed by atoms with Crippen LogP contribution in [0.5, 0.6) is 0 Å². The van der Waals surface area contributed by atoms with Crippen LogP contribution in [0.1, 0.15) is 24.3 Å². The van der Waals surface area contributed by atoms with E-state index < -0.39 is 16.9 Å². The summed E-state index contributed by atoms with van der Waals surface area (Å²) in [4.78, 5) is 11.0. The monoisotopic (exact) mass is 285 g/mol. The van der Waals surface area contributed by atoms with E-state index in [2.05, 4.69) is 10.1 Å². The Morgan fingerprint density at radius 1 is 1.42 bits per heavy atom. The predicted octanol–water partition coefficient (Wildman–Crippen LogP) is 2.63. The van der Waals surface area contributed by atoms with Gasteiger partial charge >= 0.3 is 6.09 Å². The Balaban J connectivity index is 2.10. The first-order chi connectivity index (χ1) is 9.10. The van der Waals surface area contributed by atoms with Crippen molar-refractivity contribution in [3.8, 4) is 0 Å². The number of carbonyl (C=O) groups excluding carboxylic acids is 1. The normalized spacial score (nSPS) is 22.8. The molecule has 1 aliphatic heterocycles. The lowest BCUT2D eigenvalue weighted by Crippen LogP contribution is -2.18. The van der Waals surface area contributed by atoms with Crippen molar-refractivity contribution in [2.45, 2.75) is 18.8 Å². The average Bonchev–Trinajstić information content (AvgIpc) is 2.40. The Kier molecular flexibility index (Phi) is 4.52. The molecule has 1 saturated heterocycles. The number of benzene rings is 1. The Morgan fingerprint density at radius 3 is 2.68 bits per heavy atom. The SMILES string of the molecule is COC(=O)Nc1ccc(C2CCS(=O)CC2)c(F)c1. The lowest BCUT2D eigenvalue weighted by atomic mass is 9.93. The minimum absolute atomic E-state index is 0.116. The van der Waals surface area contributed by atoms with Crippen LogP contribution >= 0.6 is 0 Å². The number of nitrogens with one attached hydrogen (secondary N) is 1. The molecular weight excluding hydrogens is 269 g/mol. The summed E-state index contributed by atoms with van der Waals surface area (Å²) in [6.07, 6.45) is 0.862. The molecule has 19 heavy (non-hydrogen) atoms. The van der Waals surface area contributed by atoms with Gasteiger partial charge in [-0.1, -0.05) is 6.07 Å². The zero-order chi connectivity index (χ0) is 13.8. The molecule has 1 fully saturated rings. The third-order valence-electron chi connectivity index (χ3n) is 3.26. The van der Waals surface area contributed by atoms with Crippen LogP contribution in [-0.2, 0) is 15.5 Å². The van der Waals surface area contributed by atoms with Crippen molar-refractivity contribution in [2.75, 3.05) is 23.9 Å². The zero-order valence-electron chi connectivity index (χ0n) is 10.6. The van der Waals surface area contributed by atoms with E-state index in [9.17, 15) is 13.4 Å². The van der Waals surface area contributed by atoms with Crippen molar-refractivity contribution < 1.29 is 18.1 Å². The van der Waals surface area contributed by atoms with Crippen LogP contribution in [-0.4, -0.2) is 28.9 Å². The van der Waals surface area contributed by atoms with Crippen molar-refractivity contribution in [1.29, 1.82) is 0 Å². The standard InChI is InChI=1S/C13H16FNO3S/c1-18-13(16)15-10-2-3-11(12(14)8-10)9-4-6-19(17)7-5-9/h2-3,8-9H,4-7H2,1H3,(H,15,16). The number of hydrogen-bond acceptors (Lipinski definition) is 3. The summed E-state index contributed by atoms with van der Waals surface area (Å²) in [5, 5.41) is 2.42. The maximum Gasteiger partial charge on any atom is 0.411 e. The molecule has 0 atom stereocenters. The van der Waals surface area contributed by atoms with Crippen LogP contribution < -0.4 is 5.32 Å². The van der Waals surface area contributed by atoms with Crippen LogP contribution in [0.2, 0.25) is 0 Å². The van der Waals surface area contributed by atoms with E-state index >= 15 is 0 Å². The molecule has 1 aromatic carbocycles. The number of amides is 1. The number of carbonyl (C=O) groups is 1. The van der Waals surface area contributed by atoms with Gasteiger partial charge in [-0.2, -0.15) is 0 Å². The molecule has 1 N–H and O–H groups in total. The van der Waals surface area contributed by atoms with E-state index in [0.717, 1.165) is 12.8 Å². The third kappa shape index (κ3) is 3.53. The fraction of sp³-hybridized carbons (Fsp3) is 0.462. The molecule has 0 saturated carbocycles. The van der Waals surface area contributed by atoms with Crippen LogP contribution in [0, 0.1) is 5.82 Å². The number of ether oxygens (including phenoxy) is 1. The first-order valence-corrected chi connectivity index (χ1v) is 7.58. The van der Waals surface area contributed by atoms with Gasteiger partial charge in [0.1, 0.15) is 5.82 Å². The lowest BCUT2D eigenvalue weighted by molar-refractivity contribution is 0.187. The van der Waals surface area contributed by atoms with Gasteiger partial charge in [0.05, 0.1) is 7.11 Å². The topological polar surface area (TPSA) is 55.4 Å².